The van der Waals surface area contributed by atoms with Gasteiger partial charge >= 0.3 is 0 Å². The number of hydrogen-bond donors (Lipinski definition) is 4. The largest absolute Gasteiger partial charge is 0.494 e. The van der Waals surface area contributed by atoms with Crippen LogP contribution in [0.15, 0.2) is 48.8 Å². The zero-order valence-electron chi connectivity index (χ0n) is 25.4. The maximum atomic E-state index is 13.4. The van der Waals surface area contributed by atoms with Gasteiger partial charge in [0.15, 0.2) is 0 Å². The number of hydrogen-bond acceptors (Lipinski definition) is 8. The molecule has 0 spiro atoms. The van der Waals surface area contributed by atoms with Crippen molar-refractivity contribution >= 4 is 51.4 Å². The van der Waals surface area contributed by atoms with Crippen molar-refractivity contribution in [3.63, 3.8) is 0 Å². The molecule has 4 N–H and O–H groups in total. The van der Waals surface area contributed by atoms with E-state index in [2.05, 4.69) is 49.6 Å². The average molecular weight is 593 g/mol. The minimum atomic E-state index is -0.332. The van der Waals surface area contributed by atoms with Gasteiger partial charge in [0.2, 0.25) is 11.9 Å². The highest BCUT2D eigenvalue weighted by Crippen LogP contribution is 2.39. The van der Waals surface area contributed by atoms with Gasteiger partial charge in [0.05, 0.1) is 47.1 Å². The third kappa shape index (κ3) is 7.31. The van der Waals surface area contributed by atoms with Gasteiger partial charge in [0, 0.05) is 48.9 Å². The molecule has 0 aliphatic rings. The fraction of sp³-hybridized carbons (Fsp3) is 0.387. The number of ether oxygens (including phenoxy) is 1. The van der Waals surface area contributed by atoms with E-state index in [4.69, 9.17) is 21.3 Å². The Bertz CT molecular complexity index is 1520. The zero-order valence-corrected chi connectivity index (χ0v) is 26.1. The van der Waals surface area contributed by atoms with E-state index in [0.29, 0.717) is 46.1 Å². The second-order valence-corrected chi connectivity index (χ2v) is 11.4. The number of fused-ring (bicyclic) bond motifs is 1. The lowest BCUT2D eigenvalue weighted by Gasteiger charge is -2.27. The molecule has 10 nitrogen and oxygen atoms in total. The molecule has 0 bridgehead atoms. The lowest BCUT2D eigenvalue weighted by atomic mass is 10.0. The smallest absolute Gasteiger partial charge is 0.241 e. The van der Waals surface area contributed by atoms with Gasteiger partial charge in [-0.15, -0.1) is 0 Å². The van der Waals surface area contributed by atoms with E-state index < -0.39 is 0 Å². The van der Waals surface area contributed by atoms with Gasteiger partial charge in [-0.3, -0.25) is 4.79 Å². The summed E-state index contributed by atoms with van der Waals surface area (Å²) >= 11 is 6.57. The second-order valence-electron chi connectivity index (χ2n) is 11.0. The fourth-order valence-electron chi connectivity index (χ4n) is 4.77. The minimum absolute atomic E-state index is 0.103. The fourth-order valence-corrected chi connectivity index (χ4v) is 4.97. The average Bonchev–Trinajstić information content (AvgIpc) is 3.39. The Labute approximate surface area is 252 Å². The quantitative estimate of drug-likeness (QED) is 0.159. The summed E-state index contributed by atoms with van der Waals surface area (Å²) in [4.78, 5) is 30.1. The Morgan fingerprint density at radius 2 is 1.88 bits per heavy atom. The number of nitrogens with zero attached hydrogens (tertiary/aromatic N) is 4. The first kappa shape index (κ1) is 31.1. The third-order valence-corrected chi connectivity index (χ3v) is 7.35. The Morgan fingerprint density at radius 1 is 1.12 bits per heavy atom. The number of anilines is 4. The first-order valence-corrected chi connectivity index (χ1v) is 14.4. The van der Waals surface area contributed by atoms with Crippen molar-refractivity contribution in [1.29, 1.82) is 0 Å². The van der Waals surface area contributed by atoms with Crippen molar-refractivity contribution in [3.8, 4) is 17.0 Å². The molecule has 0 aliphatic carbocycles. The van der Waals surface area contributed by atoms with Gasteiger partial charge in [-0.1, -0.05) is 43.6 Å². The van der Waals surface area contributed by atoms with Crippen molar-refractivity contribution in [2.45, 2.75) is 26.3 Å². The first-order valence-electron chi connectivity index (χ1n) is 14.0. The van der Waals surface area contributed by atoms with Crippen molar-refractivity contribution in [2.75, 3.05) is 63.9 Å². The lowest BCUT2D eigenvalue weighted by molar-refractivity contribution is -0.118. The van der Waals surface area contributed by atoms with Crippen LogP contribution in [0.1, 0.15) is 20.3 Å². The van der Waals surface area contributed by atoms with Gasteiger partial charge in [0.25, 0.3) is 0 Å². The number of aromatic nitrogens is 3. The molecule has 4 rings (SSSR count). The summed E-state index contributed by atoms with van der Waals surface area (Å²) < 4.78 is 5.79. The number of para-hydroxylation sites is 1. The number of likely N-dealkylation sites (N-methyl/N-ethyl adjacent to an activating group) is 3. The summed E-state index contributed by atoms with van der Waals surface area (Å²) in [5.41, 5.74) is 4.56. The Kier molecular flexibility index (Phi) is 10.3. The van der Waals surface area contributed by atoms with Crippen molar-refractivity contribution in [3.05, 3.63) is 53.8 Å². The number of rotatable bonds is 13. The SMILES string of the molecule is CN[C@@H](CC(C)C)C(=O)Nc1cc(Nc2ncc(Cl)c(-c3c[nH]c4ccccc34)n2)c(OC)cc1N(C)CCN(C)C. The summed E-state index contributed by atoms with van der Waals surface area (Å²) in [6, 6.07) is 11.4. The number of H-pyrrole nitrogens is 1. The van der Waals surface area contributed by atoms with E-state index in [1.54, 1.807) is 20.4 Å². The van der Waals surface area contributed by atoms with Crippen LogP contribution in [-0.2, 0) is 4.79 Å². The highest BCUT2D eigenvalue weighted by Gasteiger charge is 2.22. The summed E-state index contributed by atoms with van der Waals surface area (Å²) in [5.74, 6) is 1.18. The summed E-state index contributed by atoms with van der Waals surface area (Å²) in [7, 11) is 9.48. The van der Waals surface area contributed by atoms with E-state index in [9.17, 15) is 4.79 Å². The van der Waals surface area contributed by atoms with Crippen LogP contribution in [0.4, 0.5) is 23.0 Å². The molecule has 11 heteroatoms. The zero-order chi connectivity index (χ0) is 30.4. The normalized spacial score (nSPS) is 12.1. The molecule has 2 heterocycles. The molecule has 2 aromatic carbocycles. The molecular weight excluding hydrogens is 552 g/mol. The molecule has 0 unspecified atom stereocenters. The molecule has 42 heavy (non-hydrogen) atoms. The number of benzene rings is 2. The van der Waals surface area contributed by atoms with E-state index >= 15 is 0 Å². The molecule has 0 radical (unpaired) electrons. The van der Waals surface area contributed by atoms with Crippen LogP contribution >= 0.6 is 11.6 Å². The van der Waals surface area contributed by atoms with E-state index in [-0.39, 0.29) is 11.9 Å². The topological polar surface area (TPSA) is 110 Å². The highest BCUT2D eigenvalue weighted by atomic mass is 35.5. The van der Waals surface area contributed by atoms with Crippen LogP contribution in [0.3, 0.4) is 0 Å². The van der Waals surface area contributed by atoms with Crippen molar-refractivity contribution < 1.29 is 9.53 Å². The molecule has 0 saturated heterocycles. The van der Waals surface area contributed by atoms with E-state index in [0.717, 1.165) is 35.2 Å². The van der Waals surface area contributed by atoms with Gasteiger partial charge < -0.3 is 35.5 Å². The number of nitrogens with one attached hydrogen (secondary N) is 4. The summed E-state index contributed by atoms with van der Waals surface area (Å²) in [6.07, 6.45) is 4.19. The number of amides is 1. The van der Waals surface area contributed by atoms with Crippen molar-refractivity contribution in [1.82, 2.24) is 25.2 Å². The predicted molar refractivity (Wildman–Crippen MR) is 173 cm³/mol. The molecule has 4 aromatic rings. The number of aromatic amines is 1. The molecule has 0 saturated carbocycles. The molecular formula is C31H41ClN8O2. The molecule has 224 valence electrons. The van der Waals surface area contributed by atoms with Gasteiger partial charge in [0.1, 0.15) is 5.75 Å². The van der Waals surface area contributed by atoms with Crippen LogP contribution < -0.4 is 25.6 Å². The Balaban J connectivity index is 1.72. The second kappa shape index (κ2) is 13.9. The number of halogens is 1. The Morgan fingerprint density at radius 3 is 2.57 bits per heavy atom. The number of carbonyl (C=O) groups is 1. The minimum Gasteiger partial charge on any atom is -0.494 e. The number of carbonyl (C=O) groups excluding carboxylic acids is 1. The predicted octanol–water partition coefficient (Wildman–Crippen LogP) is 5.60. The summed E-state index contributed by atoms with van der Waals surface area (Å²) in [6.45, 7) is 5.80. The number of methoxy groups -OCH3 is 1. The maximum absolute atomic E-state index is 13.4. The van der Waals surface area contributed by atoms with Crippen molar-refractivity contribution in [2.24, 2.45) is 5.92 Å². The molecule has 0 fully saturated rings. The van der Waals surface area contributed by atoms with Gasteiger partial charge in [-0.05, 0) is 45.6 Å². The van der Waals surface area contributed by atoms with Crippen LogP contribution in [0.2, 0.25) is 5.02 Å². The third-order valence-electron chi connectivity index (χ3n) is 7.08. The van der Waals surface area contributed by atoms with Gasteiger partial charge in [-0.2, -0.15) is 0 Å². The monoisotopic (exact) mass is 592 g/mol. The standard InChI is InChI=1S/C31H41ClN8O2/c1-19(2)14-26(33-3)30(41)36-24-15-25(28(42-7)16-27(24)40(6)13-12-39(4)5)37-31-35-18-22(32)29(38-31)21-17-34-23-11-9-8-10-20(21)23/h8-11,15-19,26,33-34H,12-14H2,1-7H3,(H,36,41)(H,35,37,38)/t26-/m0/s1. The van der Waals surface area contributed by atoms with Crippen LogP contribution in [-0.4, -0.2) is 80.2 Å². The first-order chi connectivity index (χ1) is 20.1. The van der Waals surface area contributed by atoms with E-state index in [1.165, 1.54) is 0 Å². The molecule has 1 atom stereocenters. The highest BCUT2D eigenvalue weighted by molar-refractivity contribution is 6.33. The van der Waals surface area contributed by atoms with Crippen LogP contribution in [0, 0.1) is 5.92 Å². The van der Waals surface area contributed by atoms with Crippen LogP contribution in [0.5, 0.6) is 5.75 Å². The molecule has 2 aromatic heterocycles. The summed E-state index contributed by atoms with van der Waals surface area (Å²) in [5, 5.41) is 11.1. The Hall–Kier alpha value is -3.86. The van der Waals surface area contributed by atoms with Gasteiger partial charge in [-0.25, -0.2) is 9.97 Å². The lowest BCUT2D eigenvalue weighted by Crippen LogP contribution is -2.39. The van der Waals surface area contributed by atoms with Crippen LogP contribution in [0.25, 0.3) is 22.2 Å². The molecule has 1 amide bonds. The van der Waals surface area contributed by atoms with E-state index in [1.807, 2.05) is 63.7 Å². The maximum Gasteiger partial charge on any atom is 0.241 e. The molecule has 0 aliphatic heterocycles.